The van der Waals surface area contributed by atoms with Crippen LogP contribution >= 0.6 is 34.8 Å². The lowest BCUT2D eigenvalue weighted by Crippen LogP contribution is -2.51. The second kappa shape index (κ2) is 13.0. The van der Waals surface area contributed by atoms with E-state index in [9.17, 15) is 18.0 Å². The number of nitrogens with one attached hydrogen (secondary N) is 1. The molecule has 11 heteroatoms. The van der Waals surface area contributed by atoms with Gasteiger partial charge in [-0.3, -0.25) is 13.9 Å². The molecule has 39 heavy (non-hydrogen) atoms. The predicted octanol–water partition coefficient (Wildman–Crippen LogP) is 6.01. The van der Waals surface area contributed by atoms with Gasteiger partial charge in [0.15, 0.2) is 0 Å². The average Bonchev–Trinajstić information content (AvgIpc) is 2.89. The van der Waals surface area contributed by atoms with E-state index in [1.165, 1.54) is 24.1 Å². The van der Waals surface area contributed by atoms with Gasteiger partial charge in [0.25, 0.3) is 10.0 Å². The lowest BCUT2D eigenvalue weighted by Gasteiger charge is -2.33. The van der Waals surface area contributed by atoms with Crippen LogP contribution in [0.3, 0.4) is 0 Å². The number of halogens is 3. The molecule has 0 fully saturated rings. The highest BCUT2D eigenvalue weighted by atomic mass is 35.5. The fourth-order valence-corrected chi connectivity index (χ4v) is 6.20. The predicted molar refractivity (Wildman–Crippen MR) is 157 cm³/mol. The number of aryl methyl sites for hydroxylation is 2. The summed E-state index contributed by atoms with van der Waals surface area (Å²) in [5.41, 5.74) is 2.40. The molecule has 3 rings (SSSR count). The van der Waals surface area contributed by atoms with Crippen LogP contribution in [0.15, 0.2) is 65.6 Å². The number of likely N-dealkylation sites (N-methyl/N-ethyl adjacent to an activating group) is 1. The summed E-state index contributed by atoms with van der Waals surface area (Å²) in [6.45, 7) is 4.81. The number of benzene rings is 3. The maximum atomic E-state index is 14.0. The number of hydrogen-bond acceptors (Lipinski definition) is 4. The van der Waals surface area contributed by atoms with Crippen molar-refractivity contribution in [1.29, 1.82) is 0 Å². The second-order valence-corrected chi connectivity index (χ2v) is 12.2. The minimum atomic E-state index is -4.17. The van der Waals surface area contributed by atoms with Crippen molar-refractivity contribution in [2.24, 2.45) is 0 Å². The molecule has 2 amide bonds. The topological polar surface area (TPSA) is 86.8 Å². The zero-order valence-corrected chi connectivity index (χ0v) is 25.1. The normalized spacial score (nSPS) is 12.1. The third-order valence-electron chi connectivity index (χ3n) is 6.28. The molecule has 1 N–H and O–H groups in total. The van der Waals surface area contributed by atoms with Crippen molar-refractivity contribution < 1.29 is 18.0 Å². The molecule has 1 atom stereocenters. The SMILES string of the molecule is CCC(C(=O)NC)N(Cc1ccc(Cl)c(Cl)c1)C(=O)CN(c1ccc(Cl)cc1C)S(=O)(=O)c1ccc(C)cc1. The molecule has 0 saturated carbocycles. The molecule has 0 aromatic heterocycles. The van der Waals surface area contributed by atoms with Crippen LogP contribution in [-0.2, 0) is 26.2 Å². The van der Waals surface area contributed by atoms with E-state index in [1.54, 1.807) is 62.4 Å². The molecule has 1 unspecified atom stereocenters. The molecule has 0 spiro atoms. The fourth-order valence-electron chi connectivity index (χ4n) is 4.17. The van der Waals surface area contributed by atoms with Gasteiger partial charge in [0.1, 0.15) is 12.6 Å². The average molecular weight is 611 g/mol. The molecule has 3 aromatic carbocycles. The minimum absolute atomic E-state index is 0.0136. The maximum Gasteiger partial charge on any atom is 0.264 e. The van der Waals surface area contributed by atoms with E-state index in [2.05, 4.69) is 5.32 Å². The summed E-state index contributed by atoms with van der Waals surface area (Å²) >= 11 is 18.4. The Morgan fingerprint density at radius 3 is 2.15 bits per heavy atom. The van der Waals surface area contributed by atoms with Gasteiger partial charge in [-0.15, -0.1) is 0 Å². The van der Waals surface area contributed by atoms with E-state index < -0.39 is 28.5 Å². The summed E-state index contributed by atoms with van der Waals surface area (Å²) in [5, 5.41) is 3.68. The van der Waals surface area contributed by atoms with Crippen LogP contribution in [0.5, 0.6) is 0 Å². The summed E-state index contributed by atoms with van der Waals surface area (Å²) in [4.78, 5) is 28.2. The summed E-state index contributed by atoms with van der Waals surface area (Å²) in [6.07, 6.45) is 0.303. The van der Waals surface area contributed by atoms with Crippen LogP contribution in [0.2, 0.25) is 15.1 Å². The summed E-state index contributed by atoms with van der Waals surface area (Å²) in [5.74, 6) is -0.942. The molecule has 0 heterocycles. The van der Waals surface area contributed by atoms with E-state index in [1.807, 2.05) is 6.92 Å². The molecule has 0 aliphatic carbocycles. The Bertz CT molecular complexity index is 1460. The minimum Gasteiger partial charge on any atom is -0.357 e. The van der Waals surface area contributed by atoms with Crippen LogP contribution in [-0.4, -0.2) is 44.8 Å². The van der Waals surface area contributed by atoms with Gasteiger partial charge in [-0.25, -0.2) is 8.42 Å². The standard InChI is InChI=1S/C28H30Cl3N3O4S/c1-5-25(28(36)32-4)33(16-20-8-12-23(30)24(31)15-20)27(35)17-34(26-13-9-21(29)14-19(26)3)39(37,38)22-10-6-18(2)7-11-22/h6-15,25H,5,16-17H2,1-4H3,(H,32,36). The molecule has 0 saturated heterocycles. The quantitative estimate of drug-likeness (QED) is 0.305. The number of carbonyl (C=O) groups is 2. The van der Waals surface area contributed by atoms with Gasteiger partial charge >= 0.3 is 0 Å². The first kappa shape index (κ1) is 30.8. The molecule has 3 aromatic rings. The molecule has 0 bridgehead atoms. The van der Waals surface area contributed by atoms with Crippen molar-refractivity contribution in [3.05, 3.63) is 92.4 Å². The zero-order valence-electron chi connectivity index (χ0n) is 22.0. The molecule has 0 radical (unpaired) electrons. The maximum absolute atomic E-state index is 14.0. The van der Waals surface area contributed by atoms with Crippen LogP contribution in [0.1, 0.15) is 30.0 Å². The Morgan fingerprint density at radius 1 is 0.923 bits per heavy atom. The smallest absolute Gasteiger partial charge is 0.264 e. The number of amides is 2. The number of anilines is 1. The van der Waals surface area contributed by atoms with Gasteiger partial charge < -0.3 is 10.2 Å². The fraction of sp³-hybridized carbons (Fsp3) is 0.286. The Balaban J connectivity index is 2.10. The Kier molecular flexibility index (Phi) is 10.3. The first-order valence-corrected chi connectivity index (χ1v) is 14.8. The van der Waals surface area contributed by atoms with Crippen LogP contribution in [0.25, 0.3) is 0 Å². The Morgan fingerprint density at radius 2 is 1.59 bits per heavy atom. The summed E-state index contributed by atoms with van der Waals surface area (Å²) < 4.78 is 28.9. The highest BCUT2D eigenvalue weighted by molar-refractivity contribution is 7.92. The van der Waals surface area contributed by atoms with Crippen molar-refractivity contribution in [1.82, 2.24) is 10.2 Å². The van der Waals surface area contributed by atoms with Gasteiger partial charge in [0.05, 0.1) is 20.6 Å². The van der Waals surface area contributed by atoms with Crippen molar-refractivity contribution >= 4 is 62.3 Å². The highest BCUT2D eigenvalue weighted by Crippen LogP contribution is 2.30. The van der Waals surface area contributed by atoms with E-state index in [4.69, 9.17) is 34.8 Å². The number of hydrogen-bond donors (Lipinski definition) is 1. The van der Waals surface area contributed by atoms with Crippen LogP contribution < -0.4 is 9.62 Å². The second-order valence-electron chi connectivity index (χ2n) is 9.06. The lowest BCUT2D eigenvalue weighted by atomic mass is 10.1. The third-order valence-corrected chi connectivity index (χ3v) is 9.03. The van der Waals surface area contributed by atoms with Gasteiger partial charge in [0, 0.05) is 18.6 Å². The molecule has 0 aliphatic rings. The van der Waals surface area contributed by atoms with Gasteiger partial charge in [-0.1, -0.05) is 65.5 Å². The molecule has 0 aliphatic heterocycles. The van der Waals surface area contributed by atoms with Crippen molar-refractivity contribution in [3.8, 4) is 0 Å². The van der Waals surface area contributed by atoms with E-state index in [0.717, 1.165) is 9.87 Å². The van der Waals surface area contributed by atoms with E-state index in [-0.39, 0.29) is 17.3 Å². The lowest BCUT2D eigenvalue weighted by molar-refractivity contribution is -0.140. The number of carbonyl (C=O) groups excluding carboxylic acids is 2. The molecule has 208 valence electrons. The first-order chi connectivity index (χ1) is 18.4. The molecule has 7 nitrogen and oxygen atoms in total. The van der Waals surface area contributed by atoms with Gasteiger partial charge in [-0.2, -0.15) is 0 Å². The van der Waals surface area contributed by atoms with Crippen molar-refractivity contribution in [3.63, 3.8) is 0 Å². The largest absolute Gasteiger partial charge is 0.357 e. The summed E-state index contributed by atoms with van der Waals surface area (Å²) in [7, 11) is -2.69. The summed E-state index contributed by atoms with van der Waals surface area (Å²) in [6, 6.07) is 15.2. The third kappa shape index (κ3) is 7.25. The Labute approximate surface area is 244 Å². The van der Waals surface area contributed by atoms with Gasteiger partial charge in [0.2, 0.25) is 11.8 Å². The van der Waals surface area contributed by atoms with Crippen molar-refractivity contribution in [2.75, 3.05) is 17.9 Å². The zero-order chi connectivity index (χ0) is 28.9. The first-order valence-electron chi connectivity index (χ1n) is 12.2. The number of rotatable bonds is 10. The van der Waals surface area contributed by atoms with Crippen LogP contribution in [0.4, 0.5) is 5.69 Å². The number of sulfonamides is 1. The highest BCUT2D eigenvalue weighted by Gasteiger charge is 2.34. The Hall–Kier alpha value is -2.78. The molecular formula is C28H30Cl3N3O4S. The number of nitrogens with zero attached hydrogens (tertiary/aromatic N) is 2. The van der Waals surface area contributed by atoms with E-state index >= 15 is 0 Å². The van der Waals surface area contributed by atoms with Crippen LogP contribution in [0, 0.1) is 13.8 Å². The van der Waals surface area contributed by atoms with Crippen molar-refractivity contribution in [2.45, 2.75) is 44.7 Å². The monoisotopic (exact) mass is 609 g/mol. The molecular weight excluding hydrogens is 581 g/mol. The van der Waals surface area contributed by atoms with Gasteiger partial charge in [-0.05, 0) is 73.9 Å². The van der Waals surface area contributed by atoms with E-state index in [0.29, 0.717) is 38.3 Å².